The smallest absolute Gasteiger partial charge is 0.289 e. The summed E-state index contributed by atoms with van der Waals surface area (Å²) in [5, 5.41) is 5.96. The minimum Gasteiger partial charge on any atom is -0.372 e. The van der Waals surface area contributed by atoms with Gasteiger partial charge in [-0.1, -0.05) is 87.0 Å². The van der Waals surface area contributed by atoms with Crippen LogP contribution in [0.25, 0.3) is 0 Å². The second-order valence-electron chi connectivity index (χ2n) is 13.9. The van der Waals surface area contributed by atoms with Crippen LogP contribution < -0.4 is 21.1 Å². The predicted octanol–water partition coefficient (Wildman–Crippen LogP) is 3.28. The van der Waals surface area contributed by atoms with Gasteiger partial charge in [-0.25, -0.2) is 13.1 Å². The zero-order valence-electron chi connectivity index (χ0n) is 29.9. The van der Waals surface area contributed by atoms with Crippen LogP contribution in [0, 0.1) is 5.41 Å². The van der Waals surface area contributed by atoms with Crippen LogP contribution in [0.3, 0.4) is 0 Å². The first-order chi connectivity index (χ1) is 24.1. The lowest BCUT2D eigenvalue weighted by Crippen LogP contribution is -2.56. The molecule has 12 nitrogen and oxygen atoms in total. The normalized spacial score (nSPS) is 17.6. The summed E-state index contributed by atoms with van der Waals surface area (Å²) in [6.07, 6.45) is 5.88. The number of ketones is 1. The molecule has 5 N–H and O–H groups in total. The molecule has 1 aliphatic rings. The molecule has 1 saturated heterocycles. The second-order valence-corrected chi connectivity index (χ2v) is 16.2. The number of benzene rings is 2. The molecule has 0 spiro atoms. The molecular formula is C37H52ClN5O7S. The summed E-state index contributed by atoms with van der Waals surface area (Å²) < 4.78 is 33.2. The topological polar surface area (TPSA) is 177 Å². The van der Waals surface area contributed by atoms with Gasteiger partial charge < -0.3 is 26.0 Å². The van der Waals surface area contributed by atoms with Crippen LogP contribution in [-0.2, 0) is 47.0 Å². The van der Waals surface area contributed by atoms with E-state index in [0.717, 1.165) is 17.4 Å². The Bertz CT molecular complexity index is 1600. The molecule has 0 bridgehead atoms. The second kappa shape index (κ2) is 19.8. The maximum Gasteiger partial charge on any atom is 0.289 e. The quantitative estimate of drug-likeness (QED) is 0.0962. The minimum absolute atomic E-state index is 0.00119. The zero-order valence-corrected chi connectivity index (χ0v) is 31.5. The fraction of sp³-hybridized carbons (Fsp3) is 0.514. The Labute approximate surface area is 306 Å². The van der Waals surface area contributed by atoms with E-state index < -0.39 is 57.8 Å². The summed E-state index contributed by atoms with van der Waals surface area (Å²) in [5.41, 5.74) is 7.29. The van der Waals surface area contributed by atoms with E-state index >= 15 is 0 Å². The van der Waals surface area contributed by atoms with Crippen molar-refractivity contribution in [3.05, 3.63) is 82.9 Å². The number of halogens is 1. The molecule has 3 amide bonds. The SMILES string of the molecule is CC(C)(C)C=CC[C@@H](NS(C)(=O)=O)C(=O)N1C[C@H](OCc2ccc(Cl)cc2)C[C@H]1C(=O)N[C@@H](CCCCN)C(=O)C(=O)NCCc1ccccc1. The van der Waals surface area contributed by atoms with Crippen molar-refractivity contribution >= 4 is 45.1 Å². The predicted molar refractivity (Wildman–Crippen MR) is 198 cm³/mol. The highest BCUT2D eigenvalue weighted by Crippen LogP contribution is 2.25. The van der Waals surface area contributed by atoms with E-state index in [-0.39, 0.29) is 44.4 Å². The van der Waals surface area contributed by atoms with Crippen LogP contribution in [0.5, 0.6) is 0 Å². The van der Waals surface area contributed by atoms with Crippen molar-refractivity contribution in [3.63, 3.8) is 0 Å². The van der Waals surface area contributed by atoms with E-state index in [4.69, 9.17) is 22.1 Å². The van der Waals surface area contributed by atoms with Crippen molar-refractivity contribution in [1.82, 2.24) is 20.3 Å². The van der Waals surface area contributed by atoms with Crippen molar-refractivity contribution in [2.45, 2.75) is 90.1 Å². The fourth-order valence-electron chi connectivity index (χ4n) is 5.66. The third kappa shape index (κ3) is 14.9. The Kier molecular flexibility index (Phi) is 16.3. The Balaban J connectivity index is 1.83. The van der Waals surface area contributed by atoms with Gasteiger partial charge in [-0.15, -0.1) is 0 Å². The number of nitrogens with two attached hydrogens (primary N) is 1. The van der Waals surface area contributed by atoms with Gasteiger partial charge in [-0.05, 0) is 67.3 Å². The third-order valence-electron chi connectivity index (χ3n) is 8.24. The maximum atomic E-state index is 14.1. The molecule has 1 heterocycles. The lowest BCUT2D eigenvalue weighted by Gasteiger charge is -2.29. The summed E-state index contributed by atoms with van der Waals surface area (Å²) >= 11 is 6.02. The Morgan fingerprint density at radius 1 is 1.02 bits per heavy atom. The number of sulfonamides is 1. The molecule has 0 unspecified atom stereocenters. The molecule has 14 heteroatoms. The van der Waals surface area contributed by atoms with Crippen LogP contribution in [-0.4, -0.2) is 86.9 Å². The van der Waals surface area contributed by atoms with Crippen LogP contribution in [0.4, 0.5) is 0 Å². The third-order valence-corrected chi connectivity index (χ3v) is 9.20. The molecule has 1 fully saturated rings. The van der Waals surface area contributed by atoms with E-state index in [2.05, 4.69) is 15.4 Å². The van der Waals surface area contributed by atoms with Gasteiger partial charge >= 0.3 is 0 Å². The van der Waals surface area contributed by atoms with Crippen molar-refractivity contribution in [2.24, 2.45) is 11.1 Å². The standard InChI is InChI=1S/C37H52ClN5O7S/c1-37(2,3)20-10-14-31(42-51(4,48)49)36(47)43-24-29(50-25-27-15-17-28(38)18-16-27)23-32(43)34(45)41-30(13-8-9-21-39)33(44)35(46)40-22-19-26-11-6-5-7-12-26/h5-7,10-12,15-18,20,29-32,42H,8-9,13-14,19,21-25,39H2,1-4H3,(H,40,46)(H,41,45)/t29-,30+,31-,32+/m1/s1. The van der Waals surface area contributed by atoms with Crippen LogP contribution >= 0.6 is 11.6 Å². The van der Waals surface area contributed by atoms with E-state index in [1.54, 1.807) is 30.3 Å². The summed E-state index contributed by atoms with van der Waals surface area (Å²) in [5.74, 6) is -2.88. The lowest BCUT2D eigenvalue weighted by atomic mass is 9.95. The Morgan fingerprint density at radius 3 is 2.33 bits per heavy atom. The number of allylic oxidation sites excluding steroid dienone is 1. The molecular weight excluding hydrogens is 694 g/mol. The average molecular weight is 746 g/mol. The number of Topliss-reactive ketones (excluding diaryl/α,β-unsaturated/α-hetero) is 1. The van der Waals surface area contributed by atoms with E-state index in [0.29, 0.717) is 30.8 Å². The average Bonchev–Trinajstić information content (AvgIpc) is 3.50. The fourth-order valence-corrected chi connectivity index (χ4v) is 6.50. The van der Waals surface area contributed by atoms with Gasteiger partial charge in [0.2, 0.25) is 27.6 Å². The largest absolute Gasteiger partial charge is 0.372 e. The number of likely N-dealkylation sites (tertiary alicyclic amines) is 1. The Morgan fingerprint density at radius 2 is 1.71 bits per heavy atom. The van der Waals surface area contributed by atoms with Crippen LogP contribution in [0.1, 0.15) is 64.0 Å². The van der Waals surface area contributed by atoms with Gasteiger partial charge in [0.15, 0.2) is 0 Å². The van der Waals surface area contributed by atoms with Gasteiger partial charge in [0.05, 0.1) is 25.0 Å². The number of carbonyl (C=O) groups is 4. The van der Waals surface area contributed by atoms with Crippen LogP contribution in [0.15, 0.2) is 66.7 Å². The first-order valence-corrected chi connectivity index (χ1v) is 19.5. The van der Waals surface area contributed by atoms with Crippen LogP contribution in [0.2, 0.25) is 5.02 Å². The lowest BCUT2D eigenvalue weighted by molar-refractivity contribution is -0.142. The molecule has 2 aromatic carbocycles. The summed E-state index contributed by atoms with van der Waals surface area (Å²) in [6, 6.07) is 13.1. The number of nitrogens with zero attached hydrogens (tertiary/aromatic N) is 1. The highest BCUT2D eigenvalue weighted by atomic mass is 35.5. The first kappa shape index (κ1) is 41.8. The number of unbranched alkanes of at least 4 members (excludes halogenated alkanes) is 1. The molecule has 0 aromatic heterocycles. The number of ether oxygens (including phenoxy) is 1. The zero-order chi connectivity index (χ0) is 37.6. The molecule has 280 valence electrons. The van der Waals surface area contributed by atoms with Gasteiger partial charge in [0.1, 0.15) is 12.1 Å². The number of carbonyl (C=O) groups excluding carboxylic acids is 4. The monoisotopic (exact) mass is 745 g/mol. The van der Waals surface area contributed by atoms with Crippen molar-refractivity contribution in [2.75, 3.05) is 25.9 Å². The molecule has 2 aromatic rings. The van der Waals surface area contributed by atoms with Gasteiger partial charge in [0.25, 0.3) is 5.91 Å². The molecule has 1 aliphatic heterocycles. The van der Waals surface area contributed by atoms with Crippen molar-refractivity contribution in [1.29, 1.82) is 0 Å². The summed E-state index contributed by atoms with van der Waals surface area (Å²) in [6.45, 7) is 6.71. The van der Waals surface area contributed by atoms with E-state index in [1.165, 1.54) is 4.90 Å². The number of nitrogens with one attached hydrogen (secondary N) is 3. The molecule has 4 atom stereocenters. The molecule has 51 heavy (non-hydrogen) atoms. The van der Waals surface area contributed by atoms with Crippen molar-refractivity contribution in [3.8, 4) is 0 Å². The Hall–Kier alpha value is -3.62. The highest BCUT2D eigenvalue weighted by Gasteiger charge is 2.43. The molecule has 0 radical (unpaired) electrons. The van der Waals surface area contributed by atoms with Gasteiger partial charge in [-0.3, -0.25) is 19.2 Å². The van der Waals surface area contributed by atoms with Gasteiger partial charge in [0, 0.05) is 24.5 Å². The number of amides is 3. The summed E-state index contributed by atoms with van der Waals surface area (Å²) in [4.78, 5) is 55.8. The number of hydrogen-bond acceptors (Lipinski definition) is 8. The molecule has 0 aliphatic carbocycles. The van der Waals surface area contributed by atoms with E-state index in [1.807, 2.05) is 57.2 Å². The molecule has 3 rings (SSSR count). The van der Waals surface area contributed by atoms with E-state index in [9.17, 15) is 27.6 Å². The van der Waals surface area contributed by atoms with Crippen molar-refractivity contribution < 1.29 is 32.3 Å². The number of rotatable bonds is 19. The minimum atomic E-state index is -3.82. The first-order valence-electron chi connectivity index (χ1n) is 17.2. The highest BCUT2D eigenvalue weighted by molar-refractivity contribution is 7.88. The molecule has 0 saturated carbocycles. The maximum absolute atomic E-state index is 14.1. The van der Waals surface area contributed by atoms with Gasteiger partial charge in [-0.2, -0.15) is 0 Å². The number of hydrogen-bond donors (Lipinski definition) is 4. The summed E-state index contributed by atoms with van der Waals surface area (Å²) in [7, 11) is -3.82.